The van der Waals surface area contributed by atoms with Gasteiger partial charge in [0.25, 0.3) is 5.92 Å². The van der Waals surface area contributed by atoms with Crippen LogP contribution >= 0.6 is 11.3 Å². The highest BCUT2D eigenvalue weighted by atomic mass is 32.1. The number of thiazole rings is 1. The molecule has 3 aromatic rings. The van der Waals surface area contributed by atoms with E-state index in [0.29, 0.717) is 5.56 Å². The van der Waals surface area contributed by atoms with E-state index < -0.39 is 23.3 Å². The van der Waals surface area contributed by atoms with E-state index in [1.807, 2.05) is 29.8 Å². The van der Waals surface area contributed by atoms with Gasteiger partial charge in [-0.15, -0.1) is 11.3 Å². The van der Waals surface area contributed by atoms with E-state index in [9.17, 15) is 27.1 Å². The Balaban J connectivity index is 1.38. The molecule has 0 radical (unpaired) electrons. The highest BCUT2D eigenvalue weighted by molar-refractivity contribution is 7.07. The second kappa shape index (κ2) is 9.93. The quantitative estimate of drug-likeness (QED) is 0.424. The standard InChI is InChI=1S/C25H26F5N3OS/c1-23(26,27)24(34,25(28,29)30)21-8-6-20(7-9-21)19-4-2-18(3-5-19)14-32-10-12-33(13-11-32)15-22-16-35-17-31-22/h2-9,16-17,34H,10-15H2,1H3. The van der Waals surface area contributed by atoms with Crippen molar-refractivity contribution in [2.24, 2.45) is 0 Å². The second-order valence-corrected chi connectivity index (χ2v) is 9.62. The van der Waals surface area contributed by atoms with Crippen LogP contribution in [0.2, 0.25) is 0 Å². The van der Waals surface area contributed by atoms with Gasteiger partial charge in [0.15, 0.2) is 0 Å². The topological polar surface area (TPSA) is 39.6 Å². The summed E-state index contributed by atoms with van der Waals surface area (Å²) in [5.74, 6) is -4.40. The lowest BCUT2D eigenvalue weighted by molar-refractivity contribution is -0.335. The van der Waals surface area contributed by atoms with Crippen molar-refractivity contribution >= 4 is 11.3 Å². The van der Waals surface area contributed by atoms with Crippen molar-refractivity contribution in [3.8, 4) is 11.1 Å². The van der Waals surface area contributed by atoms with Crippen LogP contribution in [0.3, 0.4) is 0 Å². The van der Waals surface area contributed by atoms with Crippen LogP contribution in [0.5, 0.6) is 0 Å². The molecule has 0 saturated carbocycles. The molecule has 10 heteroatoms. The molecule has 1 aliphatic rings. The first-order valence-electron chi connectivity index (χ1n) is 11.2. The third kappa shape index (κ3) is 5.55. The zero-order valence-electron chi connectivity index (χ0n) is 19.1. The molecule has 1 saturated heterocycles. The lowest BCUT2D eigenvalue weighted by Gasteiger charge is -2.35. The fourth-order valence-corrected chi connectivity index (χ4v) is 4.83. The SMILES string of the molecule is CC(F)(F)C(O)(c1ccc(-c2ccc(CN3CCN(Cc4cscn4)CC3)cc2)cc1)C(F)(F)F. The fraction of sp³-hybridized carbons (Fsp3) is 0.400. The lowest BCUT2D eigenvalue weighted by atomic mass is 9.86. The zero-order chi connectivity index (χ0) is 25.3. The van der Waals surface area contributed by atoms with Gasteiger partial charge in [-0.05, 0) is 22.3 Å². The van der Waals surface area contributed by atoms with Crippen molar-refractivity contribution in [1.29, 1.82) is 0 Å². The predicted octanol–water partition coefficient (Wildman–Crippen LogP) is 5.53. The first-order valence-corrected chi connectivity index (χ1v) is 12.1. The minimum absolute atomic E-state index is 0.0634. The van der Waals surface area contributed by atoms with Crippen LogP contribution < -0.4 is 0 Å². The van der Waals surface area contributed by atoms with Gasteiger partial charge in [0.05, 0.1) is 11.2 Å². The summed E-state index contributed by atoms with van der Waals surface area (Å²) in [6.45, 7) is 5.52. The largest absolute Gasteiger partial charge is 0.427 e. The van der Waals surface area contributed by atoms with Crippen LogP contribution in [0.25, 0.3) is 11.1 Å². The molecular formula is C25H26F5N3OS. The molecule has 1 unspecified atom stereocenters. The van der Waals surface area contributed by atoms with Gasteiger partial charge in [0, 0.05) is 51.6 Å². The minimum Gasteiger partial charge on any atom is -0.372 e. The molecule has 1 N–H and O–H groups in total. The van der Waals surface area contributed by atoms with Crippen molar-refractivity contribution in [1.82, 2.24) is 14.8 Å². The minimum atomic E-state index is -5.53. The highest BCUT2D eigenvalue weighted by Crippen LogP contribution is 2.49. The first kappa shape index (κ1) is 25.7. The summed E-state index contributed by atoms with van der Waals surface area (Å²) in [4.78, 5) is 9.08. The predicted molar refractivity (Wildman–Crippen MR) is 125 cm³/mol. The van der Waals surface area contributed by atoms with Crippen molar-refractivity contribution in [3.05, 3.63) is 76.2 Å². The number of rotatable bonds is 7. The van der Waals surface area contributed by atoms with E-state index in [0.717, 1.165) is 68.2 Å². The highest BCUT2D eigenvalue weighted by Gasteiger charge is 2.67. The molecule has 2 aromatic carbocycles. The van der Waals surface area contributed by atoms with Gasteiger partial charge in [-0.1, -0.05) is 48.5 Å². The fourth-order valence-electron chi connectivity index (χ4n) is 4.28. The van der Waals surface area contributed by atoms with Gasteiger partial charge in [-0.2, -0.15) is 13.2 Å². The van der Waals surface area contributed by atoms with Crippen LogP contribution in [-0.4, -0.2) is 58.2 Å². The number of aliphatic hydroxyl groups is 1. The maximum Gasteiger partial charge on any atom is 0.427 e. The third-order valence-corrected chi connectivity index (χ3v) is 7.01. The maximum atomic E-state index is 13.7. The van der Waals surface area contributed by atoms with Gasteiger partial charge in [-0.25, -0.2) is 13.8 Å². The third-order valence-electron chi connectivity index (χ3n) is 6.38. The Morgan fingerprint density at radius 2 is 1.34 bits per heavy atom. The molecule has 188 valence electrons. The van der Waals surface area contributed by atoms with Crippen molar-refractivity contribution in [2.75, 3.05) is 26.2 Å². The summed E-state index contributed by atoms with van der Waals surface area (Å²) >= 11 is 1.60. The monoisotopic (exact) mass is 511 g/mol. The van der Waals surface area contributed by atoms with Crippen LogP contribution in [0.15, 0.2) is 59.4 Å². The van der Waals surface area contributed by atoms with Crippen LogP contribution in [0.1, 0.15) is 23.7 Å². The molecular weight excluding hydrogens is 485 g/mol. The Labute approximate surface area is 204 Å². The second-order valence-electron chi connectivity index (χ2n) is 8.90. The summed E-state index contributed by atoms with van der Waals surface area (Å²) in [6, 6.07) is 12.1. The van der Waals surface area contributed by atoms with E-state index in [1.54, 1.807) is 11.3 Å². The molecule has 0 amide bonds. The Hall–Kier alpha value is -2.40. The van der Waals surface area contributed by atoms with E-state index in [2.05, 4.69) is 20.2 Å². The number of hydrogen-bond acceptors (Lipinski definition) is 5. The van der Waals surface area contributed by atoms with Gasteiger partial charge in [0.1, 0.15) is 0 Å². The molecule has 1 aromatic heterocycles. The normalized spacial score (nSPS) is 17.9. The van der Waals surface area contributed by atoms with Gasteiger partial charge >= 0.3 is 6.18 Å². The van der Waals surface area contributed by atoms with E-state index in [4.69, 9.17) is 0 Å². The molecule has 35 heavy (non-hydrogen) atoms. The molecule has 4 nitrogen and oxygen atoms in total. The number of nitrogens with zero attached hydrogens (tertiary/aromatic N) is 3. The number of benzene rings is 2. The molecule has 4 rings (SSSR count). The average molecular weight is 512 g/mol. The average Bonchev–Trinajstić information content (AvgIpc) is 3.32. The Morgan fingerprint density at radius 1 is 0.829 bits per heavy atom. The van der Waals surface area contributed by atoms with E-state index in [1.165, 1.54) is 12.1 Å². The number of halogens is 5. The molecule has 1 aliphatic heterocycles. The molecule has 0 bridgehead atoms. The summed E-state index contributed by atoms with van der Waals surface area (Å²) < 4.78 is 67.4. The first-order chi connectivity index (χ1) is 16.5. The Kier molecular flexibility index (Phi) is 7.28. The molecule has 0 aliphatic carbocycles. The van der Waals surface area contributed by atoms with Crippen molar-refractivity contribution in [2.45, 2.75) is 37.7 Å². The molecule has 1 fully saturated rings. The van der Waals surface area contributed by atoms with Gasteiger partial charge in [0.2, 0.25) is 5.60 Å². The molecule has 2 heterocycles. The van der Waals surface area contributed by atoms with Crippen LogP contribution in [-0.2, 0) is 18.7 Å². The van der Waals surface area contributed by atoms with Gasteiger partial charge < -0.3 is 5.11 Å². The summed E-state index contributed by atoms with van der Waals surface area (Å²) in [7, 11) is 0. The summed E-state index contributed by atoms with van der Waals surface area (Å²) in [5.41, 5.74) is 0.204. The van der Waals surface area contributed by atoms with Crippen molar-refractivity contribution in [3.63, 3.8) is 0 Å². The smallest absolute Gasteiger partial charge is 0.372 e. The number of piperazine rings is 1. The van der Waals surface area contributed by atoms with Crippen molar-refractivity contribution < 1.29 is 27.1 Å². The Bertz CT molecular complexity index is 1070. The summed E-state index contributed by atoms with van der Waals surface area (Å²) in [6.07, 6.45) is -5.53. The Morgan fingerprint density at radius 3 is 1.80 bits per heavy atom. The molecule has 1 atom stereocenters. The van der Waals surface area contributed by atoms with Crippen LogP contribution in [0, 0.1) is 0 Å². The lowest BCUT2D eigenvalue weighted by Crippen LogP contribution is -2.54. The van der Waals surface area contributed by atoms with Gasteiger partial charge in [-0.3, -0.25) is 9.80 Å². The maximum absolute atomic E-state index is 13.7. The number of hydrogen-bond donors (Lipinski definition) is 1. The number of alkyl halides is 5. The number of aromatic nitrogens is 1. The molecule has 0 spiro atoms. The summed E-state index contributed by atoms with van der Waals surface area (Å²) in [5, 5.41) is 12.0. The van der Waals surface area contributed by atoms with Crippen LogP contribution in [0.4, 0.5) is 22.0 Å². The van der Waals surface area contributed by atoms with E-state index in [-0.39, 0.29) is 6.92 Å². The zero-order valence-corrected chi connectivity index (χ0v) is 19.9. The van der Waals surface area contributed by atoms with E-state index >= 15 is 0 Å².